The second-order valence-corrected chi connectivity index (χ2v) is 8.13. The molecule has 1 atom stereocenters. The van der Waals surface area contributed by atoms with E-state index in [-0.39, 0.29) is 23.2 Å². The van der Waals surface area contributed by atoms with Crippen molar-refractivity contribution in [1.29, 1.82) is 0 Å². The van der Waals surface area contributed by atoms with E-state index in [2.05, 4.69) is 22.8 Å². The molecule has 0 unspecified atom stereocenters. The number of benzene rings is 2. The monoisotopic (exact) mass is 380 g/mol. The van der Waals surface area contributed by atoms with Crippen LogP contribution < -0.4 is 10.6 Å². The molecule has 0 spiro atoms. The van der Waals surface area contributed by atoms with Crippen LogP contribution in [0, 0.1) is 5.82 Å². The van der Waals surface area contributed by atoms with Crippen LogP contribution in [-0.2, 0) is 21.5 Å². The fourth-order valence-electron chi connectivity index (χ4n) is 4.23. The molecule has 1 saturated carbocycles. The minimum Gasteiger partial charge on any atom is -0.350 e. The Balaban J connectivity index is 1.40. The first kappa shape index (κ1) is 18.7. The summed E-state index contributed by atoms with van der Waals surface area (Å²) in [4.78, 5) is 24.6. The van der Waals surface area contributed by atoms with Gasteiger partial charge in [0.1, 0.15) is 5.82 Å². The SMILES string of the molecule is O=C(CC[C@]1(Cc2ccc(F)cc2)CCC(=O)N1)NC1(c2ccccc2)CC1. The van der Waals surface area contributed by atoms with Gasteiger partial charge >= 0.3 is 0 Å². The highest BCUT2D eigenvalue weighted by atomic mass is 19.1. The molecule has 2 aromatic rings. The normalized spacial score (nSPS) is 22.5. The van der Waals surface area contributed by atoms with E-state index in [1.54, 1.807) is 12.1 Å². The average Bonchev–Trinajstić information content (AvgIpc) is 3.39. The van der Waals surface area contributed by atoms with Crippen molar-refractivity contribution in [1.82, 2.24) is 10.6 Å². The Hall–Kier alpha value is -2.69. The number of halogens is 1. The quantitative estimate of drug-likeness (QED) is 0.771. The van der Waals surface area contributed by atoms with Crippen LogP contribution in [0.1, 0.15) is 49.7 Å². The lowest BCUT2D eigenvalue weighted by molar-refractivity contribution is -0.123. The molecule has 2 aromatic carbocycles. The van der Waals surface area contributed by atoms with E-state index >= 15 is 0 Å². The highest BCUT2D eigenvalue weighted by molar-refractivity contribution is 5.80. The zero-order valence-electron chi connectivity index (χ0n) is 15.8. The molecule has 2 amide bonds. The van der Waals surface area contributed by atoms with Crippen LogP contribution in [0.3, 0.4) is 0 Å². The van der Waals surface area contributed by atoms with Gasteiger partial charge in [-0.2, -0.15) is 0 Å². The number of hydrogen-bond acceptors (Lipinski definition) is 2. The van der Waals surface area contributed by atoms with E-state index in [1.165, 1.54) is 12.1 Å². The van der Waals surface area contributed by atoms with Gasteiger partial charge in [-0.1, -0.05) is 42.5 Å². The second kappa shape index (κ2) is 7.38. The van der Waals surface area contributed by atoms with Gasteiger partial charge < -0.3 is 10.6 Å². The summed E-state index contributed by atoms with van der Waals surface area (Å²) in [5.41, 5.74) is 1.46. The van der Waals surface area contributed by atoms with Crippen molar-refractivity contribution in [3.63, 3.8) is 0 Å². The van der Waals surface area contributed by atoms with Crippen molar-refractivity contribution in [2.75, 3.05) is 0 Å². The molecule has 2 aliphatic rings. The van der Waals surface area contributed by atoms with Gasteiger partial charge in [0.2, 0.25) is 11.8 Å². The first-order valence-electron chi connectivity index (χ1n) is 9.91. The third-order valence-corrected chi connectivity index (χ3v) is 5.98. The summed E-state index contributed by atoms with van der Waals surface area (Å²) >= 11 is 0. The smallest absolute Gasteiger partial charge is 0.220 e. The largest absolute Gasteiger partial charge is 0.350 e. The van der Waals surface area contributed by atoms with Gasteiger partial charge in [0.25, 0.3) is 0 Å². The van der Waals surface area contributed by atoms with Gasteiger partial charge in [-0.3, -0.25) is 9.59 Å². The van der Waals surface area contributed by atoms with Crippen LogP contribution in [0.25, 0.3) is 0 Å². The number of nitrogens with one attached hydrogen (secondary N) is 2. The molecule has 4 rings (SSSR count). The summed E-state index contributed by atoms with van der Waals surface area (Å²) in [6.07, 6.45) is 4.62. The molecule has 2 N–H and O–H groups in total. The van der Waals surface area contributed by atoms with Crippen LogP contribution >= 0.6 is 0 Å². The molecular weight excluding hydrogens is 355 g/mol. The Morgan fingerprint density at radius 3 is 2.36 bits per heavy atom. The summed E-state index contributed by atoms with van der Waals surface area (Å²) in [6, 6.07) is 16.4. The third-order valence-electron chi connectivity index (χ3n) is 5.98. The zero-order valence-corrected chi connectivity index (χ0v) is 15.8. The highest BCUT2D eigenvalue weighted by Crippen LogP contribution is 2.45. The average molecular weight is 380 g/mol. The van der Waals surface area contributed by atoms with Crippen LogP contribution in [0.5, 0.6) is 0 Å². The van der Waals surface area contributed by atoms with E-state index in [0.29, 0.717) is 32.1 Å². The molecule has 0 bridgehead atoms. The molecule has 1 aliphatic heterocycles. The maximum atomic E-state index is 13.2. The van der Waals surface area contributed by atoms with Crippen molar-refractivity contribution >= 4 is 11.8 Å². The summed E-state index contributed by atoms with van der Waals surface area (Å²) in [7, 11) is 0. The van der Waals surface area contributed by atoms with Crippen LogP contribution in [0.4, 0.5) is 4.39 Å². The summed E-state index contributed by atoms with van der Waals surface area (Å²) in [6.45, 7) is 0. The van der Waals surface area contributed by atoms with Gasteiger partial charge in [-0.25, -0.2) is 4.39 Å². The van der Waals surface area contributed by atoms with Crippen molar-refractivity contribution in [2.45, 2.75) is 56.0 Å². The van der Waals surface area contributed by atoms with Crippen LogP contribution in [0.2, 0.25) is 0 Å². The Morgan fingerprint density at radius 1 is 1.04 bits per heavy atom. The first-order valence-corrected chi connectivity index (χ1v) is 9.91. The van der Waals surface area contributed by atoms with E-state index in [1.807, 2.05) is 18.2 Å². The van der Waals surface area contributed by atoms with Crippen LogP contribution in [0.15, 0.2) is 54.6 Å². The fraction of sp³-hybridized carbons (Fsp3) is 0.391. The lowest BCUT2D eigenvalue weighted by Crippen LogP contribution is -2.45. The van der Waals surface area contributed by atoms with Gasteiger partial charge in [-0.05, 0) is 55.4 Å². The Bertz CT molecular complexity index is 862. The van der Waals surface area contributed by atoms with E-state index in [4.69, 9.17) is 0 Å². The third kappa shape index (κ3) is 4.08. The first-order chi connectivity index (χ1) is 13.5. The molecule has 1 aliphatic carbocycles. The minimum atomic E-state index is -0.435. The van der Waals surface area contributed by atoms with E-state index in [9.17, 15) is 14.0 Å². The van der Waals surface area contributed by atoms with Crippen molar-refractivity contribution in [3.8, 4) is 0 Å². The molecule has 5 heteroatoms. The Morgan fingerprint density at radius 2 is 1.75 bits per heavy atom. The number of carbonyl (C=O) groups excluding carboxylic acids is 2. The van der Waals surface area contributed by atoms with Crippen molar-refractivity contribution in [3.05, 3.63) is 71.5 Å². The van der Waals surface area contributed by atoms with Gasteiger partial charge in [0.15, 0.2) is 0 Å². The standard InChI is InChI=1S/C23H25FN2O2/c24-19-8-6-17(7-9-19)16-22(12-10-20(27)25-22)13-11-21(28)26-23(14-15-23)18-4-2-1-3-5-18/h1-9H,10-16H2,(H,25,27)(H,26,28)/t22-/m0/s1. The second-order valence-electron chi connectivity index (χ2n) is 8.13. The lowest BCUT2D eigenvalue weighted by Gasteiger charge is -2.30. The number of amides is 2. The highest BCUT2D eigenvalue weighted by Gasteiger charge is 2.46. The summed E-state index contributed by atoms with van der Waals surface area (Å²) in [5, 5.41) is 6.29. The minimum absolute atomic E-state index is 0.0148. The summed E-state index contributed by atoms with van der Waals surface area (Å²) in [5.74, 6) is -0.241. The molecule has 28 heavy (non-hydrogen) atoms. The van der Waals surface area contributed by atoms with Gasteiger partial charge in [0, 0.05) is 18.4 Å². The number of hydrogen-bond donors (Lipinski definition) is 2. The fourth-order valence-corrected chi connectivity index (χ4v) is 4.23. The lowest BCUT2D eigenvalue weighted by atomic mass is 9.85. The molecule has 1 heterocycles. The Kier molecular flexibility index (Phi) is 4.92. The van der Waals surface area contributed by atoms with Gasteiger partial charge in [0.05, 0.1) is 5.54 Å². The predicted molar refractivity (Wildman–Crippen MR) is 105 cm³/mol. The topological polar surface area (TPSA) is 58.2 Å². The number of rotatable bonds is 7. The molecule has 1 saturated heterocycles. The number of carbonyl (C=O) groups is 2. The molecule has 0 aromatic heterocycles. The van der Waals surface area contributed by atoms with E-state index < -0.39 is 5.54 Å². The molecule has 146 valence electrons. The van der Waals surface area contributed by atoms with Crippen molar-refractivity contribution < 1.29 is 14.0 Å². The summed E-state index contributed by atoms with van der Waals surface area (Å²) < 4.78 is 13.2. The predicted octanol–water partition coefficient (Wildman–Crippen LogP) is 3.60. The van der Waals surface area contributed by atoms with E-state index in [0.717, 1.165) is 24.0 Å². The molecular formula is C23H25FN2O2. The van der Waals surface area contributed by atoms with Gasteiger partial charge in [-0.15, -0.1) is 0 Å². The molecule has 2 fully saturated rings. The molecule has 4 nitrogen and oxygen atoms in total. The zero-order chi connectivity index (χ0) is 19.6. The van der Waals surface area contributed by atoms with Crippen molar-refractivity contribution in [2.24, 2.45) is 0 Å². The molecule has 0 radical (unpaired) electrons. The van der Waals surface area contributed by atoms with Crippen LogP contribution in [-0.4, -0.2) is 17.4 Å². The maximum Gasteiger partial charge on any atom is 0.220 e. The maximum absolute atomic E-state index is 13.2. The Labute approximate surface area is 164 Å².